The molecule has 0 bridgehead atoms. The Morgan fingerprint density at radius 3 is 2.47 bits per heavy atom. The Kier molecular flexibility index (Phi) is 4.58. The number of hydrogen-bond donors (Lipinski definition) is 1. The lowest BCUT2D eigenvalue weighted by Gasteiger charge is -2.15. The molecule has 0 saturated carbocycles. The summed E-state index contributed by atoms with van der Waals surface area (Å²) in [5, 5.41) is 3.54. The van der Waals surface area contributed by atoms with Crippen LogP contribution in [0.5, 0.6) is 5.75 Å². The summed E-state index contributed by atoms with van der Waals surface area (Å²) in [5.41, 5.74) is 3.77. The van der Waals surface area contributed by atoms with Crippen LogP contribution in [-0.4, -0.2) is 7.11 Å². The van der Waals surface area contributed by atoms with Gasteiger partial charge >= 0.3 is 0 Å². The minimum atomic E-state index is 0.351. The first-order chi connectivity index (χ1) is 9.20. The van der Waals surface area contributed by atoms with Gasteiger partial charge in [-0.25, -0.2) is 0 Å². The van der Waals surface area contributed by atoms with E-state index in [1.54, 1.807) is 7.11 Å². The van der Waals surface area contributed by atoms with Crippen molar-refractivity contribution in [1.29, 1.82) is 0 Å². The van der Waals surface area contributed by atoms with Gasteiger partial charge in [-0.15, -0.1) is 0 Å². The zero-order chi connectivity index (χ0) is 13.7. The molecule has 2 aromatic rings. The summed E-state index contributed by atoms with van der Waals surface area (Å²) in [5.74, 6) is 0.944. The number of benzene rings is 2. The van der Waals surface area contributed by atoms with Crippen molar-refractivity contribution in [3.05, 3.63) is 65.2 Å². The molecule has 0 aliphatic rings. The first-order valence-corrected chi connectivity index (χ1v) is 6.62. The maximum absolute atomic E-state index is 5.27. The average Bonchev–Trinajstić information content (AvgIpc) is 2.46. The van der Waals surface area contributed by atoms with E-state index < -0.39 is 0 Å². The fourth-order valence-electron chi connectivity index (χ4n) is 2.18. The Morgan fingerprint density at radius 2 is 1.84 bits per heavy atom. The molecule has 0 saturated heterocycles. The molecule has 0 heterocycles. The van der Waals surface area contributed by atoms with E-state index in [-0.39, 0.29) is 0 Å². The van der Waals surface area contributed by atoms with E-state index in [9.17, 15) is 0 Å². The summed E-state index contributed by atoms with van der Waals surface area (Å²) in [7, 11) is 1.71. The highest BCUT2D eigenvalue weighted by Crippen LogP contribution is 2.19. The third-order valence-electron chi connectivity index (χ3n) is 3.37. The summed E-state index contributed by atoms with van der Waals surface area (Å²) in [4.78, 5) is 0. The Hall–Kier alpha value is -1.80. The van der Waals surface area contributed by atoms with Crippen LogP contribution in [0.4, 0.5) is 0 Å². The van der Waals surface area contributed by atoms with Crippen LogP contribution in [0.3, 0.4) is 0 Å². The van der Waals surface area contributed by atoms with Gasteiger partial charge in [0.25, 0.3) is 0 Å². The smallest absolute Gasteiger partial charge is 0.121 e. The molecule has 0 aliphatic heterocycles. The first-order valence-electron chi connectivity index (χ1n) is 6.62. The van der Waals surface area contributed by atoms with Gasteiger partial charge in [0.2, 0.25) is 0 Å². The second-order valence-electron chi connectivity index (χ2n) is 4.82. The number of ether oxygens (including phenoxy) is 1. The van der Waals surface area contributed by atoms with Gasteiger partial charge in [-0.3, -0.25) is 0 Å². The number of hydrogen-bond acceptors (Lipinski definition) is 2. The molecule has 0 radical (unpaired) electrons. The van der Waals surface area contributed by atoms with Gasteiger partial charge in [-0.1, -0.05) is 42.5 Å². The van der Waals surface area contributed by atoms with E-state index in [0.29, 0.717) is 6.04 Å². The molecule has 0 aromatic heterocycles. The summed E-state index contributed by atoms with van der Waals surface area (Å²) in [6, 6.07) is 17.1. The summed E-state index contributed by atoms with van der Waals surface area (Å²) < 4.78 is 5.27. The van der Waals surface area contributed by atoms with Crippen molar-refractivity contribution in [1.82, 2.24) is 5.32 Å². The second-order valence-corrected chi connectivity index (χ2v) is 4.82. The molecule has 100 valence electrons. The standard InChI is InChI=1S/C17H21NO/c1-13-11-15(9-10-17(13)19-3)12-18-14(2)16-7-5-4-6-8-16/h4-11,14,18H,12H2,1-3H3/t14-/m1/s1. The monoisotopic (exact) mass is 255 g/mol. The Morgan fingerprint density at radius 1 is 1.11 bits per heavy atom. The quantitative estimate of drug-likeness (QED) is 0.876. The highest BCUT2D eigenvalue weighted by Gasteiger charge is 2.05. The normalized spacial score (nSPS) is 12.2. The van der Waals surface area contributed by atoms with E-state index in [0.717, 1.165) is 12.3 Å². The van der Waals surface area contributed by atoms with Gasteiger partial charge in [-0.2, -0.15) is 0 Å². The van der Waals surface area contributed by atoms with E-state index in [1.807, 2.05) is 12.1 Å². The number of aryl methyl sites for hydroxylation is 1. The molecule has 0 amide bonds. The molecule has 0 unspecified atom stereocenters. The molecule has 1 atom stereocenters. The zero-order valence-corrected chi connectivity index (χ0v) is 11.8. The van der Waals surface area contributed by atoms with Crippen molar-refractivity contribution < 1.29 is 4.74 Å². The second kappa shape index (κ2) is 6.39. The molecule has 0 fully saturated rings. The Labute approximate surface area is 115 Å². The zero-order valence-electron chi connectivity index (χ0n) is 11.8. The molecule has 1 N–H and O–H groups in total. The summed E-state index contributed by atoms with van der Waals surface area (Å²) >= 11 is 0. The Balaban J connectivity index is 1.97. The van der Waals surface area contributed by atoms with Crippen LogP contribution in [0.15, 0.2) is 48.5 Å². The highest BCUT2D eigenvalue weighted by atomic mass is 16.5. The van der Waals surface area contributed by atoms with Crippen LogP contribution in [0, 0.1) is 6.92 Å². The fraction of sp³-hybridized carbons (Fsp3) is 0.294. The predicted octanol–water partition coefficient (Wildman–Crippen LogP) is 3.85. The van der Waals surface area contributed by atoms with Crippen molar-refractivity contribution in [3.8, 4) is 5.75 Å². The van der Waals surface area contributed by atoms with Gasteiger partial charge in [0, 0.05) is 12.6 Å². The van der Waals surface area contributed by atoms with Crippen molar-refractivity contribution in [2.75, 3.05) is 7.11 Å². The molecular formula is C17H21NO. The SMILES string of the molecule is COc1ccc(CN[C@H](C)c2ccccc2)cc1C. The number of nitrogens with one attached hydrogen (secondary N) is 1. The van der Waals surface area contributed by atoms with Gasteiger partial charge < -0.3 is 10.1 Å². The minimum Gasteiger partial charge on any atom is -0.496 e. The number of rotatable bonds is 5. The fourth-order valence-corrected chi connectivity index (χ4v) is 2.18. The van der Waals surface area contributed by atoms with Crippen LogP contribution in [-0.2, 0) is 6.54 Å². The predicted molar refractivity (Wildman–Crippen MR) is 79.4 cm³/mol. The van der Waals surface area contributed by atoms with Crippen molar-refractivity contribution in [3.63, 3.8) is 0 Å². The van der Waals surface area contributed by atoms with Gasteiger partial charge in [-0.05, 0) is 36.6 Å². The summed E-state index contributed by atoms with van der Waals surface area (Å²) in [6.45, 7) is 5.12. The maximum atomic E-state index is 5.27. The third-order valence-corrected chi connectivity index (χ3v) is 3.37. The lowest BCUT2D eigenvalue weighted by Crippen LogP contribution is -2.18. The van der Waals surface area contributed by atoms with Crippen LogP contribution >= 0.6 is 0 Å². The molecule has 2 nitrogen and oxygen atoms in total. The molecule has 2 rings (SSSR count). The van der Waals surface area contributed by atoms with Crippen molar-refractivity contribution >= 4 is 0 Å². The molecule has 2 aromatic carbocycles. The largest absolute Gasteiger partial charge is 0.496 e. The third kappa shape index (κ3) is 3.58. The lowest BCUT2D eigenvalue weighted by atomic mass is 10.1. The highest BCUT2D eigenvalue weighted by molar-refractivity contribution is 5.36. The van der Waals surface area contributed by atoms with E-state index in [1.165, 1.54) is 16.7 Å². The molecule has 2 heteroatoms. The first kappa shape index (κ1) is 13.6. The maximum Gasteiger partial charge on any atom is 0.121 e. The van der Waals surface area contributed by atoms with Crippen LogP contribution in [0.1, 0.15) is 29.7 Å². The molecule has 0 spiro atoms. The van der Waals surface area contributed by atoms with Crippen LogP contribution in [0.25, 0.3) is 0 Å². The van der Waals surface area contributed by atoms with E-state index >= 15 is 0 Å². The molecule has 0 aliphatic carbocycles. The molecule has 19 heavy (non-hydrogen) atoms. The van der Waals surface area contributed by atoms with Crippen molar-refractivity contribution in [2.24, 2.45) is 0 Å². The topological polar surface area (TPSA) is 21.3 Å². The Bertz CT molecular complexity index is 522. The average molecular weight is 255 g/mol. The van der Waals surface area contributed by atoms with Crippen molar-refractivity contribution in [2.45, 2.75) is 26.4 Å². The minimum absolute atomic E-state index is 0.351. The number of methoxy groups -OCH3 is 1. The molecular weight excluding hydrogens is 234 g/mol. The lowest BCUT2D eigenvalue weighted by molar-refractivity contribution is 0.411. The van der Waals surface area contributed by atoms with Gasteiger partial charge in [0.05, 0.1) is 7.11 Å². The van der Waals surface area contributed by atoms with Crippen LogP contribution < -0.4 is 10.1 Å². The van der Waals surface area contributed by atoms with Gasteiger partial charge in [0.15, 0.2) is 0 Å². The van der Waals surface area contributed by atoms with Crippen LogP contribution in [0.2, 0.25) is 0 Å². The van der Waals surface area contributed by atoms with E-state index in [2.05, 4.69) is 55.6 Å². The summed E-state index contributed by atoms with van der Waals surface area (Å²) in [6.07, 6.45) is 0. The van der Waals surface area contributed by atoms with Gasteiger partial charge in [0.1, 0.15) is 5.75 Å². The van der Waals surface area contributed by atoms with E-state index in [4.69, 9.17) is 4.74 Å².